The number of amides is 1. The number of carbonyl (C=O) groups is 2. The fourth-order valence-corrected chi connectivity index (χ4v) is 4.02. The van der Waals surface area contributed by atoms with Crippen molar-refractivity contribution in [2.45, 2.75) is 19.8 Å². The number of aliphatic carboxylic acids is 1. The van der Waals surface area contributed by atoms with E-state index in [4.69, 9.17) is 19.0 Å². The molecule has 3 aromatic carbocycles. The predicted molar refractivity (Wildman–Crippen MR) is 136 cm³/mol. The quantitative estimate of drug-likeness (QED) is 0.334. The molecular weight excluding hydrogens is 462 g/mol. The van der Waals surface area contributed by atoms with Gasteiger partial charge in [0.25, 0.3) is 5.91 Å². The zero-order chi connectivity index (χ0) is 25.8. The van der Waals surface area contributed by atoms with E-state index in [1.165, 1.54) is 0 Å². The van der Waals surface area contributed by atoms with Gasteiger partial charge in [0.05, 0.1) is 14.2 Å². The fourth-order valence-electron chi connectivity index (χ4n) is 4.02. The summed E-state index contributed by atoms with van der Waals surface area (Å²) in [6.45, 7) is 1.78. The van der Waals surface area contributed by atoms with Crippen LogP contribution in [0.5, 0.6) is 11.5 Å². The fraction of sp³-hybridized carbons (Fsp3) is 0.179. The van der Waals surface area contributed by atoms with Crippen LogP contribution in [-0.4, -0.2) is 31.2 Å². The van der Waals surface area contributed by atoms with Gasteiger partial charge in [-0.2, -0.15) is 0 Å². The summed E-state index contributed by atoms with van der Waals surface area (Å²) in [6, 6.07) is 17.5. The molecule has 0 bridgehead atoms. The lowest BCUT2D eigenvalue weighted by Gasteiger charge is -2.13. The lowest BCUT2D eigenvalue weighted by molar-refractivity contribution is -0.136. The van der Waals surface area contributed by atoms with Gasteiger partial charge in [-0.1, -0.05) is 24.3 Å². The van der Waals surface area contributed by atoms with Crippen LogP contribution >= 0.6 is 0 Å². The first kappa shape index (κ1) is 24.5. The molecule has 0 spiro atoms. The van der Waals surface area contributed by atoms with Crippen molar-refractivity contribution >= 4 is 28.5 Å². The molecule has 1 aromatic heterocycles. The third-order valence-corrected chi connectivity index (χ3v) is 5.96. The van der Waals surface area contributed by atoms with Crippen LogP contribution in [-0.2, 0) is 11.2 Å². The first-order valence-corrected chi connectivity index (χ1v) is 11.2. The van der Waals surface area contributed by atoms with Crippen LogP contribution in [0.15, 0.2) is 69.9 Å². The Hall–Kier alpha value is -4.59. The van der Waals surface area contributed by atoms with Gasteiger partial charge in [-0.3, -0.25) is 9.59 Å². The van der Waals surface area contributed by atoms with Crippen LogP contribution in [0.1, 0.15) is 27.9 Å². The number of methoxy groups -OCH3 is 2. The van der Waals surface area contributed by atoms with Crippen LogP contribution < -0.4 is 20.4 Å². The number of nitrogens with one attached hydrogen (secondary N) is 1. The molecule has 1 heterocycles. The third kappa shape index (κ3) is 5.07. The molecule has 184 valence electrons. The van der Waals surface area contributed by atoms with Gasteiger partial charge in [-0.15, -0.1) is 0 Å². The highest BCUT2D eigenvalue weighted by atomic mass is 16.5. The summed E-state index contributed by atoms with van der Waals surface area (Å²) in [4.78, 5) is 36.7. The minimum atomic E-state index is -0.901. The highest BCUT2D eigenvalue weighted by Crippen LogP contribution is 2.33. The first-order valence-electron chi connectivity index (χ1n) is 11.2. The predicted octanol–water partition coefficient (Wildman–Crippen LogP) is 5.06. The van der Waals surface area contributed by atoms with E-state index in [0.717, 1.165) is 11.1 Å². The summed E-state index contributed by atoms with van der Waals surface area (Å²) in [6.07, 6.45) is 0.302. The Kier molecular flexibility index (Phi) is 7.05. The molecule has 0 aliphatic heterocycles. The van der Waals surface area contributed by atoms with E-state index < -0.39 is 17.5 Å². The molecule has 1 amide bonds. The molecule has 36 heavy (non-hydrogen) atoms. The molecule has 4 aromatic rings. The Morgan fingerprint density at radius 1 is 1.00 bits per heavy atom. The van der Waals surface area contributed by atoms with Crippen LogP contribution in [0.4, 0.5) is 5.69 Å². The minimum absolute atomic E-state index is 0.00364. The summed E-state index contributed by atoms with van der Waals surface area (Å²) >= 11 is 0. The Labute approximate surface area is 207 Å². The lowest BCUT2D eigenvalue weighted by atomic mass is 10.0. The molecule has 0 aliphatic carbocycles. The van der Waals surface area contributed by atoms with E-state index in [2.05, 4.69) is 5.32 Å². The number of carboxylic acids is 1. The number of carbonyl (C=O) groups excluding carboxylic acids is 1. The summed E-state index contributed by atoms with van der Waals surface area (Å²) in [5, 5.41) is 12.2. The standard InChI is InChI=1S/C28H25NO7/c1-16-17(10-12-25(30)31)7-8-19-15-23(28(33)36-26(16)19)29-27(32)20-9-11-24(35-3)22(14-20)18-5-4-6-21(13-18)34-2/h4-9,11,13-15H,10,12H2,1-3H3,(H,29,32)(H,30,31). The highest BCUT2D eigenvalue weighted by Gasteiger charge is 2.16. The molecule has 8 heteroatoms. The summed E-state index contributed by atoms with van der Waals surface area (Å²) in [7, 11) is 3.13. The smallest absolute Gasteiger partial charge is 0.360 e. The van der Waals surface area contributed by atoms with Crippen molar-refractivity contribution in [2.75, 3.05) is 19.5 Å². The number of fused-ring (bicyclic) bond motifs is 1. The van der Waals surface area contributed by atoms with Crippen molar-refractivity contribution in [3.05, 3.63) is 87.8 Å². The van der Waals surface area contributed by atoms with E-state index in [9.17, 15) is 14.4 Å². The van der Waals surface area contributed by atoms with E-state index in [1.807, 2.05) is 24.3 Å². The minimum Gasteiger partial charge on any atom is -0.497 e. The van der Waals surface area contributed by atoms with E-state index in [-0.39, 0.29) is 12.1 Å². The van der Waals surface area contributed by atoms with Crippen LogP contribution in [0, 0.1) is 6.92 Å². The first-order chi connectivity index (χ1) is 17.3. The summed E-state index contributed by atoms with van der Waals surface area (Å²) in [5.74, 6) is -0.135. The zero-order valence-electron chi connectivity index (χ0n) is 20.1. The number of hydrogen-bond acceptors (Lipinski definition) is 6. The molecule has 0 aliphatic rings. The zero-order valence-corrected chi connectivity index (χ0v) is 20.1. The van der Waals surface area contributed by atoms with Crippen LogP contribution in [0.2, 0.25) is 0 Å². The Morgan fingerprint density at radius 2 is 1.81 bits per heavy atom. The highest BCUT2D eigenvalue weighted by molar-refractivity contribution is 6.05. The Morgan fingerprint density at radius 3 is 2.53 bits per heavy atom. The van der Waals surface area contributed by atoms with Gasteiger partial charge in [0.2, 0.25) is 0 Å². The number of rotatable bonds is 8. The normalized spacial score (nSPS) is 10.8. The van der Waals surface area contributed by atoms with Crippen molar-refractivity contribution in [3.8, 4) is 22.6 Å². The second kappa shape index (κ2) is 10.4. The number of benzene rings is 3. The average Bonchev–Trinajstić information content (AvgIpc) is 2.88. The Balaban J connectivity index is 1.65. The Bertz CT molecular complexity index is 1520. The molecule has 0 saturated carbocycles. The molecule has 8 nitrogen and oxygen atoms in total. The average molecular weight is 488 g/mol. The number of ether oxygens (including phenoxy) is 2. The monoisotopic (exact) mass is 487 g/mol. The van der Waals surface area contributed by atoms with Gasteiger partial charge in [0.15, 0.2) is 0 Å². The summed E-state index contributed by atoms with van der Waals surface area (Å²) in [5.41, 5.74) is 2.98. The lowest BCUT2D eigenvalue weighted by Crippen LogP contribution is -2.18. The molecule has 2 N–H and O–H groups in total. The van der Waals surface area contributed by atoms with Crippen LogP contribution in [0.3, 0.4) is 0 Å². The van der Waals surface area contributed by atoms with Crippen molar-refractivity contribution in [3.63, 3.8) is 0 Å². The SMILES string of the molecule is COc1cccc(-c2cc(C(=O)Nc3cc4ccc(CCC(=O)O)c(C)c4oc3=O)ccc2OC)c1. The van der Waals surface area contributed by atoms with E-state index in [0.29, 0.717) is 45.6 Å². The second-order valence-corrected chi connectivity index (χ2v) is 8.21. The van der Waals surface area contributed by atoms with Crippen molar-refractivity contribution in [1.82, 2.24) is 0 Å². The maximum absolute atomic E-state index is 13.1. The van der Waals surface area contributed by atoms with Crippen molar-refractivity contribution in [1.29, 1.82) is 0 Å². The molecule has 4 rings (SSSR count). The number of carboxylic acid groups (broad SMARTS) is 1. The second-order valence-electron chi connectivity index (χ2n) is 8.21. The largest absolute Gasteiger partial charge is 0.497 e. The van der Waals surface area contributed by atoms with E-state index in [1.54, 1.807) is 57.5 Å². The number of aryl methyl sites for hydroxylation is 2. The van der Waals surface area contributed by atoms with Crippen molar-refractivity contribution < 1.29 is 28.6 Å². The van der Waals surface area contributed by atoms with Gasteiger partial charge in [-0.05, 0) is 66.4 Å². The van der Waals surface area contributed by atoms with Gasteiger partial charge >= 0.3 is 11.6 Å². The van der Waals surface area contributed by atoms with Gasteiger partial charge in [-0.25, -0.2) is 4.79 Å². The molecule has 0 fully saturated rings. The molecule has 0 unspecified atom stereocenters. The van der Waals surface area contributed by atoms with Gasteiger partial charge in [0, 0.05) is 22.9 Å². The molecule has 0 radical (unpaired) electrons. The maximum atomic E-state index is 13.1. The molecule has 0 atom stereocenters. The van der Waals surface area contributed by atoms with E-state index >= 15 is 0 Å². The molecule has 0 saturated heterocycles. The summed E-state index contributed by atoms with van der Waals surface area (Å²) < 4.78 is 16.3. The number of anilines is 1. The number of hydrogen-bond donors (Lipinski definition) is 2. The topological polar surface area (TPSA) is 115 Å². The van der Waals surface area contributed by atoms with Crippen LogP contribution in [0.25, 0.3) is 22.1 Å². The van der Waals surface area contributed by atoms with Gasteiger partial charge < -0.3 is 24.3 Å². The van der Waals surface area contributed by atoms with Crippen molar-refractivity contribution in [2.24, 2.45) is 0 Å². The maximum Gasteiger partial charge on any atom is 0.360 e. The van der Waals surface area contributed by atoms with Gasteiger partial charge in [0.1, 0.15) is 22.8 Å². The molecular formula is C28H25NO7. The third-order valence-electron chi connectivity index (χ3n) is 5.96.